The molecule has 1 unspecified atom stereocenters. The van der Waals surface area contributed by atoms with E-state index in [1.807, 2.05) is 0 Å². The van der Waals surface area contributed by atoms with Gasteiger partial charge in [0.15, 0.2) is 5.25 Å². The fourth-order valence-corrected chi connectivity index (χ4v) is 1.45. The number of aliphatic carboxylic acids is 1. The zero-order valence-electron chi connectivity index (χ0n) is 7.04. The van der Waals surface area contributed by atoms with E-state index >= 15 is 0 Å². The van der Waals surface area contributed by atoms with Crippen LogP contribution in [0.4, 0.5) is 0 Å². The number of carboxylic acids is 1. The average Bonchev–Trinajstić information content (AvgIpc) is 1.98. The van der Waals surface area contributed by atoms with E-state index in [0.29, 0.717) is 12.0 Å². The molecule has 0 amide bonds. The molecule has 0 fully saturated rings. The van der Waals surface area contributed by atoms with Crippen LogP contribution in [0, 0.1) is 0 Å². The van der Waals surface area contributed by atoms with Crippen LogP contribution in [-0.2, 0) is 23.9 Å². The van der Waals surface area contributed by atoms with Crippen molar-refractivity contribution >= 4 is 34.1 Å². The van der Waals surface area contributed by atoms with Crippen molar-refractivity contribution in [3.8, 4) is 0 Å². The topological polar surface area (TPSA) is 118 Å². The maximum Gasteiger partial charge on any atom is 0.325 e. The molecule has 0 aliphatic carbocycles. The standard InChI is InChI=1S/C5H8O7S2/c1-13-12-4(6)2-3(5(7)8)14(9,10)11/h3H,2H2,1H3,(H,7,8)(H,9,10,11). The maximum atomic E-state index is 10.7. The van der Waals surface area contributed by atoms with Crippen LogP contribution >= 0.6 is 12.0 Å². The Bertz CT molecular complexity index is 319. The summed E-state index contributed by atoms with van der Waals surface area (Å²) in [6.07, 6.45) is 0.482. The molecule has 9 heteroatoms. The van der Waals surface area contributed by atoms with E-state index in [1.165, 1.54) is 6.26 Å². The highest BCUT2D eigenvalue weighted by molar-refractivity contribution is 7.94. The molecule has 0 aromatic rings. The summed E-state index contributed by atoms with van der Waals surface area (Å²) in [4.78, 5) is 21.1. The third kappa shape index (κ3) is 4.44. The minimum atomic E-state index is -4.79. The molecular weight excluding hydrogens is 236 g/mol. The molecule has 0 rings (SSSR count). The second-order valence-electron chi connectivity index (χ2n) is 2.17. The van der Waals surface area contributed by atoms with Crippen LogP contribution in [0.15, 0.2) is 0 Å². The lowest BCUT2D eigenvalue weighted by atomic mass is 10.3. The second kappa shape index (κ2) is 5.17. The van der Waals surface area contributed by atoms with Crippen molar-refractivity contribution in [3.63, 3.8) is 0 Å². The van der Waals surface area contributed by atoms with E-state index in [4.69, 9.17) is 9.66 Å². The van der Waals surface area contributed by atoms with Crippen LogP contribution in [0.1, 0.15) is 6.42 Å². The summed E-state index contributed by atoms with van der Waals surface area (Å²) in [5, 5.41) is 6.19. The number of carbonyl (C=O) groups is 2. The van der Waals surface area contributed by atoms with E-state index in [2.05, 4.69) is 4.18 Å². The molecule has 0 saturated heterocycles. The van der Waals surface area contributed by atoms with Crippen molar-refractivity contribution in [2.45, 2.75) is 11.7 Å². The Morgan fingerprint density at radius 1 is 1.50 bits per heavy atom. The largest absolute Gasteiger partial charge is 0.480 e. The number of carbonyl (C=O) groups excluding carboxylic acids is 1. The summed E-state index contributed by atoms with van der Waals surface area (Å²) in [6.45, 7) is 0. The molecule has 1 atom stereocenters. The Balaban J connectivity index is 4.57. The highest BCUT2D eigenvalue weighted by atomic mass is 32.2. The summed E-state index contributed by atoms with van der Waals surface area (Å²) < 4.78 is 33.6. The maximum absolute atomic E-state index is 10.7. The average molecular weight is 244 g/mol. The fourth-order valence-electron chi connectivity index (χ4n) is 0.598. The van der Waals surface area contributed by atoms with Gasteiger partial charge in [0, 0.05) is 6.26 Å². The first-order chi connectivity index (χ1) is 6.29. The number of hydrogen-bond donors (Lipinski definition) is 2. The fraction of sp³-hybridized carbons (Fsp3) is 0.600. The van der Waals surface area contributed by atoms with Crippen molar-refractivity contribution in [2.75, 3.05) is 6.26 Å². The number of carboxylic acid groups (broad SMARTS) is 1. The van der Waals surface area contributed by atoms with E-state index < -0.39 is 33.7 Å². The van der Waals surface area contributed by atoms with Gasteiger partial charge in [-0.15, -0.1) is 0 Å². The van der Waals surface area contributed by atoms with Gasteiger partial charge in [-0.25, -0.2) is 0 Å². The van der Waals surface area contributed by atoms with Gasteiger partial charge in [0.05, 0.1) is 18.5 Å². The van der Waals surface area contributed by atoms with Gasteiger partial charge in [0.25, 0.3) is 10.1 Å². The summed E-state index contributed by atoms with van der Waals surface area (Å²) >= 11 is 0.655. The van der Waals surface area contributed by atoms with Crippen molar-refractivity contribution in [3.05, 3.63) is 0 Å². The smallest absolute Gasteiger partial charge is 0.325 e. The molecule has 7 nitrogen and oxygen atoms in total. The third-order valence-electron chi connectivity index (χ3n) is 1.16. The number of rotatable bonds is 5. The second-order valence-corrected chi connectivity index (χ2v) is 4.27. The van der Waals surface area contributed by atoms with Crippen molar-refractivity contribution in [1.82, 2.24) is 0 Å². The van der Waals surface area contributed by atoms with Crippen molar-refractivity contribution in [1.29, 1.82) is 0 Å². The molecule has 0 aromatic carbocycles. The van der Waals surface area contributed by atoms with Gasteiger partial charge in [0.1, 0.15) is 0 Å². The van der Waals surface area contributed by atoms with E-state index in [0.717, 1.165) is 0 Å². The van der Waals surface area contributed by atoms with Gasteiger partial charge in [-0.3, -0.25) is 14.1 Å². The minimum Gasteiger partial charge on any atom is -0.480 e. The first-order valence-corrected chi connectivity index (χ1v) is 5.87. The van der Waals surface area contributed by atoms with Crippen LogP contribution in [0.25, 0.3) is 0 Å². The SMILES string of the molecule is CSOC(=O)CC(C(=O)O)S(=O)(=O)O. The summed E-state index contributed by atoms with van der Waals surface area (Å²) in [5.74, 6) is -2.83. The van der Waals surface area contributed by atoms with Gasteiger partial charge < -0.3 is 9.29 Å². The molecule has 0 bridgehead atoms. The van der Waals surface area contributed by atoms with Crippen LogP contribution < -0.4 is 0 Å². The van der Waals surface area contributed by atoms with Gasteiger partial charge in [0.2, 0.25) is 0 Å². The van der Waals surface area contributed by atoms with E-state index in [-0.39, 0.29) is 0 Å². The van der Waals surface area contributed by atoms with Crippen molar-refractivity contribution < 1.29 is 31.8 Å². The Morgan fingerprint density at radius 2 is 2.00 bits per heavy atom. The zero-order valence-corrected chi connectivity index (χ0v) is 8.67. The van der Waals surface area contributed by atoms with Gasteiger partial charge in [-0.1, -0.05) is 0 Å². The lowest BCUT2D eigenvalue weighted by Gasteiger charge is -2.06. The first-order valence-electron chi connectivity index (χ1n) is 3.21. The molecule has 0 heterocycles. The van der Waals surface area contributed by atoms with Gasteiger partial charge >= 0.3 is 11.9 Å². The molecule has 0 saturated carbocycles. The summed E-state index contributed by atoms with van der Waals surface area (Å²) in [5.41, 5.74) is 0. The Morgan fingerprint density at radius 3 is 2.29 bits per heavy atom. The Hall–Kier alpha value is -0.800. The molecule has 0 radical (unpaired) electrons. The first kappa shape index (κ1) is 13.2. The quantitative estimate of drug-likeness (QED) is 0.492. The van der Waals surface area contributed by atoms with Crippen LogP contribution in [0.5, 0.6) is 0 Å². The predicted molar refractivity (Wildman–Crippen MR) is 47.2 cm³/mol. The van der Waals surface area contributed by atoms with Gasteiger partial charge in [-0.2, -0.15) is 8.42 Å². The predicted octanol–water partition coefficient (Wildman–Crippen LogP) is -0.461. The molecule has 2 N–H and O–H groups in total. The summed E-state index contributed by atoms with van der Waals surface area (Å²) in [7, 11) is -4.79. The highest BCUT2D eigenvalue weighted by Gasteiger charge is 2.33. The molecule has 0 aromatic heterocycles. The van der Waals surface area contributed by atoms with E-state index in [9.17, 15) is 18.0 Å². The zero-order chi connectivity index (χ0) is 11.4. The number of hydrogen-bond acceptors (Lipinski definition) is 6. The molecule has 0 spiro atoms. The molecular formula is C5H8O7S2. The molecule has 82 valence electrons. The lowest BCUT2D eigenvalue weighted by Crippen LogP contribution is -2.32. The Kier molecular flexibility index (Phi) is 4.88. The van der Waals surface area contributed by atoms with Gasteiger partial charge in [-0.05, 0) is 0 Å². The normalized spacial score (nSPS) is 13.3. The van der Waals surface area contributed by atoms with E-state index in [1.54, 1.807) is 0 Å². The highest BCUT2D eigenvalue weighted by Crippen LogP contribution is 2.08. The monoisotopic (exact) mass is 244 g/mol. The third-order valence-corrected chi connectivity index (χ3v) is 2.60. The summed E-state index contributed by atoms with van der Waals surface area (Å²) in [6, 6.07) is 0. The molecule has 0 aliphatic rings. The minimum absolute atomic E-state index is 0.655. The lowest BCUT2D eigenvalue weighted by molar-refractivity contribution is -0.141. The molecule has 14 heavy (non-hydrogen) atoms. The van der Waals surface area contributed by atoms with Crippen LogP contribution in [-0.4, -0.2) is 41.5 Å². The van der Waals surface area contributed by atoms with Crippen LogP contribution in [0.3, 0.4) is 0 Å². The Labute approximate surface area is 84.4 Å². The molecule has 0 aliphatic heterocycles. The van der Waals surface area contributed by atoms with Crippen LogP contribution in [0.2, 0.25) is 0 Å². The van der Waals surface area contributed by atoms with Crippen molar-refractivity contribution in [2.24, 2.45) is 0 Å².